The number of carbonyl (C=O) groups excluding carboxylic acids is 1. The van der Waals surface area contributed by atoms with Gasteiger partial charge < -0.3 is 15.0 Å². The number of rotatable bonds is 5. The number of likely N-dealkylation sites (tertiary alicyclic amines) is 1. The molecule has 1 saturated heterocycles. The Morgan fingerprint density at radius 2 is 1.83 bits per heavy atom. The summed E-state index contributed by atoms with van der Waals surface area (Å²) in [6.07, 6.45) is 1.86. The summed E-state index contributed by atoms with van der Waals surface area (Å²) >= 11 is 0. The van der Waals surface area contributed by atoms with Gasteiger partial charge in [-0.3, -0.25) is 4.79 Å². The van der Waals surface area contributed by atoms with Crippen molar-refractivity contribution in [3.05, 3.63) is 77.6 Å². The van der Waals surface area contributed by atoms with Crippen LogP contribution in [0.4, 0.5) is 11.6 Å². The fraction of sp³-hybridized carbons (Fsp3) is 0.261. The molecule has 29 heavy (non-hydrogen) atoms. The predicted octanol–water partition coefficient (Wildman–Crippen LogP) is 4.51. The Morgan fingerprint density at radius 3 is 2.62 bits per heavy atom. The number of hydrogen-bond donors (Lipinski definition) is 1. The molecule has 0 aliphatic carbocycles. The van der Waals surface area contributed by atoms with Crippen LogP contribution in [0, 0.1) is 6.92 Å². The van der Waals surface area contributed by atoms with Gasteiger partial charge in [-0.25, -0.2) is 9.97 Å². The van der Waals surface area contributed by atoms with Crippen LogP contribution >= 0.6 is 0 Å². The summed E-state index contributed by atoms with van der Waals surface area (Å²) in [5.74, 6) is 2.17. The highest BCUT2D eigenvalue weighted by molar-refractivity contribution is 5.95. The van der Waals surface area contributed by atoms with Crippen molar-refractivity contribution < 1.29 is 9.53 Å². The molecule has 1 N–H and O–H groups in total. The third kappa shape index (κ3) is 4.21. The molecule has 1 fully saturated rings. The van der Waals surface area contributed by atoms with Crippen LogP contribution in [0.1, 0.15) is 40.6 Å². The second-order valence-corrected chi connectivity index (χ2v) is 7.13. The zero-order valence-corrected chi connectivity index (χ0v) is 16.6. The molecule has 1 aliphatic rings. The van der Waals surface area contributed by atoms with Gasteiger partial charge in [0.1, 0.15) is 17.4 Å². The molecule has 6 heteroatoms. The summed E-state index contributed by atoms with van der Waals surface area (Å²) < 4.78 is 5.26. The van der Waals surface area contributed by atoms with E-state index in [0.29, 0.717) is 11.3 Å². The molecule has 3 aromatic rings. The largest absolute Gasteiger partial charge is 0.497 e. The van der Waals surface area contributed by atoms with Crippen molar-refractivity contribution in [3.63, 3.8) is 0 Å². The van der Waals surface area contributed by atoms with E-state index in [-0.39, 0.29) is 11.9 Å². The molecule has 0 saturated carbocycles. The predicted molar refractivity (Wildman–Crippen MR) is 112 cm³/mol. The second kappa shape index (κ2) is 8.31. The first-order valence-electron chi connectivity index (χ1n) is 9.77. The van der Waals surface area contributed by atoms with Crippen molar-refractivity contribution in [2.75, 3.05) is 19.0 Å². The molecule has 2 aromatic heterocycles. The quantitative estimate of drug-likeness (QED) is 0.696. The maximum Gasteiger partial charge on any atom is 0.254 e. The highest BCUT2D eigenvalue weighted by Crippen LogP contribution is 2.33. The first kappa shape index (κ1) is 18.9. The average Bonchev–Trinajstić information content (AvgIpc) is 3.23. The molecular formula is C23H24N4O2. The van der Waals surface area contributed by atoms with E-state index in [0.717, 1.165) is 42.4 Å². The number of nitrogens with one attached hydrogen (secondary N) is 1. The van der Waals surface area contributed by atoms with Crippen LogP contribution in [-0.4, -0.2) is 34.4 Å². The number of nitrogens with zero attached hydrogens (tertiary/aromatic N) is 3. The number of aryl methyl sites for hydroxylation is 1. The lowest BCUT2D eigenvalue weighted by Crippen LogP contribution is -2.31. The third-order valence-corrected chi connectivity index (χ3v) is 5.09. The molecule has 6 nitrogen and oxygen atoms in total. The van der Waals surface area contributed by atoms with Crippen LogP contribution in [0.5, 0.6) is 5.75 Å². The van der Waals surface area contributed by atoms with Crippen LogP contribution in [-0.2, 0) is 0 Å². The molecule has 1 atom stereocenters. The Balaban J connectivity index is 1.56. The van der Waals surface area contributed by atoms with E-state index >= 15 is 0 Å². The van der Waals surface area contributed by atoms with Crippen LogP contribution in [0.2, 0.25) is 0 Å². The summed E-state index contributed by atoms with van der Waals surface area (Å²) in [6, 6.07) is 18.9. The van der Waals surface area contributed by atoms with E-state index in [9.17, 15) is 4.79 Å². The van der Waals surface area contributed by atoms with Gasteiger partial charge in [0.25, 0.3) is 5.91 Å². The summed E-state index contributed by atoms with van der Waals surface area (Å²) in [7, 11) is 1.60. The van der Waals surface area contributed by atoms with Gasteiger partial charge >= 0.3 is 0 Å². The first-order valence-corrected chi connectivity index (χ1v) is 9.77. The standard InChI is InChI=1S/C23H24N4O2/c1-16-7-3-12-21(24-16)26-22-13-5-10-19(25-22)20-11-6-14-27(20)23(28)17-8-4-9-18(15-17)29-2/h3-5,7-10,12-13,15,20H,6,11,14H2,1-2H3,(H,24,25,26)/t20-/m0/s1. The van der Waals surface area contributed by atoms with E-state index in [4.69, 9.17) is 9.72 Å². The van der Waals surface area contributed by atoms with Gasteiger partial charge in [0.05, 0.1) is 18.8 Å². The number of benzene rings is 1. The normalized spacial score (nSPS) is 15.9. The van der Waals surface area contributed by atoms with Crippen LogP contribution in [0.25, 0.3) is 0 Å². The molecule has 0 unspecified atom stereocenters. The number of hydrogen-bond acceptors (Lipinski definition) is 5. The van der Waals surface area contributed by atoms with Gasteiger partial charge in [0.2, 0.25) is 0 Å². The van der Waals surface area contributed by atoms with Gasteiger partial charge in [0.15, 0.2) is 0 Å². The van der Waals surface area contributed by atoms with E-state index in [1.807, 2.05) is 66.4 Å². The van der Waals surface area contributed by atoms with E-state index in [2.05, 4.69) is 10.3 Å². The number of amides is 1. The molecule has 148 valence electrons. The SMILES string of the molecule is COc1cccc(C(=O)N2CCC[C@H]2c2cccc(Nc3cccc(C)n3)n2)c1. The zero-order valence-electron chi connectivity index (χ0n) is 16.6. The Hall–Kier alpha value is -3.41. The lowest BCUT2D eigenvalue weighted by molar-refractivity contribution is 0.0732. The van der Waals surface area contributed by atoms with Crippen molar-refractivity contribution in [2.45, 2.75) is 25.8 Å². The van der Waals surface area contributed by atoms with E-state index < -0.39 is 0 Å². The number of carbonyl (C=O) groups is 1. The van der Waals surface area contributed by atoms with Crippen molar-refractivity contribution in [3.8, 4) is 5.75 Å². The summed E-state index contributed by atoms with van der Waals surface area (Å²) in [6.45, 7) is 2.68. The van der Waals surface area contributed by atoms with Crippen molar-refractivity contribution in [1.82, 2.24) is 14.9 Å². The Morgan fingerprint density at radius 1 is 1.07 bits per heavy atom. The fourth-order valence-corrected chi connectivity index (χ4v) is 3.69. The van der Waals surface area contributed by atoms with Gasteiger partial charge in [-0.2, -0.15) is 0 Å². The number of ether oxygens (including phenoxy) is 1. The van der Waals surface area contributed by atoms with Crippen LogP contribution in [0.3, 0.4) is 0 Å². The number of anilines is 2. The zero-order chi connectivity index (χ0) is 20.2. The van der Waals surface area contributed by atoms with Crippen molar-refractivity contribution >= 4 is 17.5 Å². The molecule has 1 aliphatic heterocycles. The smallest absolute Gasteiger partial charge is 0.254 e. The molecule has 0 spiro atoms. The Kier molecular flexibility index (Phi) is 5.42. The van der Waals surface area contributed by atoms with Crippen LogP contribution in [0.15, 0.2) is 60.7 Å². The molecule has 3 heterocycles. The fourth-order valence-electron chi connectivity index (χ4n) is 3.69. The highest BCUT2D eigenvalue weighted by Gasteiger charge is 2.31. The molecule has 4 rings (SSSR count). The number of aromatic nitrogens is 2. The van der Waals surface area contributed by atoms with Gasteiger partial charge in [-0.15, -0.1) is 0 Å². The summed E-state index contributed by atoms with van der Waals surface area (Å²) in [5.41, 5.74) is 2.46. The van der Waals surface area contributed by atoms with Gasteiger partial charge in [-0.1, -0.05) is 18.2 Å². The van der Waals surface area contributed by atoms with Crippen molar-refractivity contribution in [2.24, 2.45) is 0 Å². The molecule has 1 aromatic carbocycles. The Bertz CT molecular complexity index is 1020. The lowest BCUT2D eigenvalue weighted by atomic mass is 10.1. The molecule has 0 radical (unpaired) electrons. The minimum absolute atomic E-state index is 0.00640. The first-order chi connectivity index (χ1) is 14.1. The minimum atomic E-state index is -0.0408. The van der Waals surface area contributed by atoms with Gasteiger partial charge in [-0.05, 0) is 62.2 Å². The average molecular weight is 388 g/mol. The minimum Gasteiger partial charge on any atom is -0.497 e. The second-order valence-electron chi connectivity index (χ2n) is 7.13. The lowest BCUT2D eigenvalue weighted by Gasteiger charge is -2.25. The van der Waals surface area contributed by atoms with Crippen LogP contribution < -0.4 is 10.1 Å². The van der Waals surface area contributed by atoms with Crippen molar-refractivity contribution in [1.29, 1.82) is 0 Å². The summed E-state index contributed by atoms with van der Waals surface area (Å²) in [5, 5.41) is 3.26. The monoisotopic (exact) mass is 388 g/mol. The number of pyridine rings is 2. The van der Waals surface area contributed by atoms with E-state index in [1.54, 1.807) is 13.2 Å². The maximum atomic E-state index is 13.1. The summed E-state index contributed by atoms with van der Waals surface area (Å²) in [4.78, 5) is 24.3. The van der Waals surface area contributed by atoms with Gasteiger partial charge in [0, 0.05) is 17.8 Å². The molecule has 1 amide bonds. The third-order valence-electron chi connectivity index (χ3n) is 5.09. The Labute approximate surface area is 170 Å². The molecule has 0 bridgehead atoms. The number of methoxy groups -OCH3 is 1. The van der Waals surface area contributed by atoms with E-state index in [1.165, 1.54) is 0 Å². The molecular weight excluding hydrogens is 364 g/mol. The topological polar surface area (TPSA) is 67.3 Å². The highest BCUT2D eigenvalue weighted by atomic mass is 16.5. The maximum absolute atomic E-state index is 13.1.